The number of hydrogen-bond acceptors (Lipinski definition) is 5. The van der Waals surface area contributed by atoms with Gasteiger partial charge in [0.15, 0.2) is 0 Å². The van der Waals surface area contributed by atoms with Crippen molar-refractivity contribution in [2.24, 2.45) is 5.73 Å². The minimum Gasteiger partial charge on any atom is -0.390 e. The Morgan fingerprint density at radius 1 is 1.05 bits per heavy atom. The molecule has 0 spiro atoms. The molecular formula is C34H44F2N4O3. The Kier molecular flexibility index (Phi) is 11.9. The fraction of sp³-hybridized carbons (Fsp3) is 0.441. The van der Waals surface area contributed by atoms with Gasteiger partial charge in [-0.05, 0) is 67.9 Å². The van der Waals surface area contributed by atoms with Crippen LogP contribution in [0.4, 0.5) is 14.6 Å². The third-order valence-electron chi connectivity index (χ3n) is 7.77. The third kappa shape index (κ3) is 9.93. The zero-order valence-electron chi connectivity index (χ0n) is 25.5. The molecule has 1 aromatic heterocycles. The molecule has 9 heteroatoms. The molecule has 0 saturated heterocycles. The van der Waals surface area contributed by atoms with Crippen LogP contribution in [0.5, 0.6) is 0 Å². The molecule has 2 aliphatic rings. The molecule has 0 atom stereocenters. The summed E-state index contributed by atoms with van der Waals surface area (Å²) in [5, 5.41) is 12.8. The molecule has 5 rings (SSSR count). The number of carbonyl (C=O) groups is 2. The van der Waals surface area contributed by atoms with E-state index in [9.17, 15) is 23.5 Å². The number of hydrogen-bond donors (Lipinski definition) is 3. The number of alkyl halides is 2. The number of halogens is 2. The number of nitrogens with two attached hydrogens (primary N) is 1. The highest BCUT2D eigenvalue weighted by atomic mass is 19.3. The molecule has 0 radical (unpaired) electrons. The molecule has 2 aliphatic carbocycles. The number of anilines is 1. The quantitative estimate of drug-likeness (QED) is 0.274. The molecule has 2 aromatic carbocycles. The summed E-state index contributed by atoms with van der Waals surface area (Å²) in [5.41, 5.74) is 10.4. The van der Waals surface area contributed by atoms with Gasteiger partial charge in [-0.25, -0.2) is 13.8 Å². The van der Waals surface area contributed by atoms with E-state index in [1.807, 2.05) is 74.6 Å². The fourth-order valence-electron chi connectivity index (χ4n) is 5.86. The second kappa shape index (κ2) is 15.2. The number of aromatic nitrogens is 1. The molecule has 1 heterocycles. The molecule has 0 bridgehead atoms. The fourth-order valence-corrected chi connectivity index (χ4v) is 5.86. The summed E-state index contributed by atoms with van der Waals surface area (Å²) < 4.78 is 20.7. The van der Waals surface area contributed by atoms with E-state index in [4.69, 9.17) is 5.73 Å². The van der Waals surface area contributed by atoms with E-state index in [1.54, 1.807) is 11.1 Å². The van der Waals surface area contributed by atoms with Crippen molar-refractivity contribution in [3.63, 3.8) is 0 Å². The second-order valence-corrected chi connectivity index (χ2v) is 11.8. The van der Waals surface area contributed by atoms with E-state index in [-0.39, 0.29) is 5.91 Å². The lowest BCUT2D eigenvalue weighted by atomic mass is 9.63. The van der Waals surface area contributed by atoms with E-state index < -0.39 is 17.6 Å². The second-order valence-electron chi connectivity index (χ2n) is 11.8. The summed E-state index contributed by atoms with van der Waals surface area (Å²) in [6.07, 6.45) is 8.02. The average molecular weight is 595 g/mol. The van der Waals surface area contributed by atoms with Crippen LogP contribution in [0.25, 0.3) is 22.3 Å². The summed E-state index contributed by atoms with van der Waals surface area (Å²) in [4.78, 5) is 28.0. The van der Waals surface area contributed by atoms with Crippen LogP contribution in [0.2, 0.25) is 0 Å². The lowest BCUT2D eigenvalue weighted by molar-refractivity contribution is -0.119. The van der Waals surface area contributed by atoms with Gasteiger partial charge in [0.25, 0.3) is 0 Å². The number of aliphatic hydroxyl groups is 1. The van der Waals surface area contributed by atoms with Crippen molar-refractivity contribution in [3.05, 3.63) is 72.4 Å². The van der Waals surface area contributed by atoms with Gasteiger partial charge in [-0.3, -0.25) is 9.59 Å². The van der Waals surface area contributed by atoms with Crippen molar-refractivity contribution in [1.29, 1.82) is 0 Å². The Morgan fingerprint density at radius 2 is 1.60 bits per heavy atom. The minimum absolute atomic E-state index is 0.154. The van der Waals surface area contributed by atoms with Gasteiger partial charge in [-0.2, -0.15) is 0 Å². The Balaban J connectivity index is 0.000000300. The standard InChI is InChI=1S/C24H25N3O2.C8H15NO.C2H4F2/c1-16(28)27-22-12-20(17-6-4-3-5-7-17)21(13-26-22)18-8-10-19(11-9-18)24(25)14-23(2,29)15-24;1-9(7-10)8-5-3-2-4-6-8;1-2(3)4/h3-13,29H,14-15,25H2,1-2H3,(H,26,27,28);7-8H,2-6H2,1H3;2H,1H3. The van der Waals surface area contributed by atoms with Gasteiger partial charge in [-0.15, -0.1) is 0 Å². The van der Waals surface area contributed by atoms with Gasteiger partial charge in [0.05, 0.1) is 5.60 Å². The number of amides is 2. The van der Waals surface area contributed by atoms with Crippen LogP contribution in [0, 0.1) is 0 Å². The summed E-state index contributed by atoms with van der Waals surface area (Å²) in [7, 11) is 1.88. The molecule has 2 amide bonds. The molecule has 7 nitrogen and oxygen atoms in total. The first-order valence-corrected chi connectivity index (χ1v) is 14.7. The number of nitrogens with one attached hydrogen (secondary N) is 1. The Hall–Kier alpha value is -3.69. The minimum atomic E-state index is -2.17. The Bertz CT molecular complexity index is 1320. The van der Waals surface area contributed by atoms with Crippen LogP contribution in [0.1, 0.15) is 71.3 Å². The molecule has 4 N–H and O–H groups in total. The van der Waals surface area contributed by atoms with Crippen molar-refractivity contribution < 1.29 is 23.5 Å². The summed E-state index contributed by atoms with van der Waals surface area (Å²) in [6, 6.07) is 20.6. The molecule has 232 valence electrons. The molecular weight excluding hydrogens is 550 g/mol. The molecule has 2 fully saturated rings. The van der Waals surface area contributed by atoms with E-state index in [1.165, 1.54) is 39.0 Å². The van der Waals surface area contributed by atoms with Crippen molar-refractivity contribution in [1.82, 2.24) is 9.88 Å². The summed E-state index contributed by atoms with van der Waals surface area (Å²) in [5.74, 6) is 0.368. The van der Waals surface area contributed by atoms with Crippen molar-refractivity contribution >= 4 is 18.1 Å². The van der Waals surface area contributed by atoms with Crippen LogP contribution in [0.3, 0.4) is 0 Å². The van der Waals surface area contributed by atoms with E-state index >= 15 is 0 Å². The highest BCUT2D eigenvalue weighted by Gasteiger charge is 2.49. The highest BCUT2D eigenvalue weighted by Crippen LogP contribution is 2.46. The maximum absolute atomic E-state index is 11.4. The lowest BCUT2D eigenvalue weighted by Crippen LogP contribution is -2.58. The maximum Gasteiger partial charge on any atom is 0.235 e. The van der Waals surface area contributed by atoms with Gasteiger partial charge in [0.1, 0.15) is 5.82 Å². The van der Waals surface area contributed by atoms with Gasteiger partial charge in [0.2, 0.25) is 18.7 Å². The van der Waals surface area contributed by atoms with Gasteiger partial charge < -0.3 is 21.1 Å². The first-order valence-electron chi connectivity index (χ1n) is 14.7. The number of benzene rings is 2. The van der Waals surface area contributed by atoms with E-state index in [0.717, 1.165) is 41.2 Å². The monoisotopic (exact) mass is 594 g/mol. The zero-order valence-corrected chi connectivity index (χ0v) is 25.5. The number of nitrogens with zero attached hydrogens (tertiary/aromatic N) is 2. The van der Waals surface area contributed by atoms with Crippen LogP contribution in [-0.4, -0.2) is 52.4 Å². The predicted octanol–water partition coefficient (Wildman–Crippen LogP) is 6.75. The smallest absolute Gasteiger partial charge is 0.235 e. The lowest BCUT2D eigenvalue weighted by Gasteiger charge is -2.49. The third-order valence-corrected chi connectivity index (χ3v) is 7.77. The summed E-state index contributed by atoms with van der Waals surface area (Å²) in [6.45, 7) is 4.12. The van der Waals surface area contributed by atoms with Gasteiger partial charge in [-0.1, -0.05) is 73.9 Å². The van der Waals surface area contributed by atoms with Crippen molar-refractivity contribution in [2.75, 3.05) is 12.4 Å². The first kappa shape index (κ1) is 33.8. The number of pyridine rings is 1. The Labute approximate surface area is 253 Å². The molecule has 2 saturated carbocycles. The Morgan fingerprint density at radius 3 is 2.12 bits per heavy atom. The SMILES string of the molecule is CC(=O)Nc1cc(-c2ccccc2)c(-c2ccc(C3(N)CC(C)(O)C3)cc2)cn1.CC(F)F.CN(C=O)C1CCCCC1. The van der Waals surface area contributed by atoms with Crippen LogP contribution >= 0.6 is 0 Å². The van der Waals surface area contributed by atoms with Crippen LogP contribution < -0.4 is 11.1 Å². The van der Waals surface area contributed by atoms with E-state index in [0.29, 0.717) is 24.7 Å². The average Bonchev–Trinajstić information content (AvgIpc) is 2.96. The maximum atomic E-state index is 11.4. The molecule has 0 unspecified atom stereocenters. The first-order chi connectivity index (χ1) is 20.3. The van der Waals surface area contributed by atoms with E-state index in [2.05, 4.69) is 10.3 Å². The largest absolute Gasteiger partial charge is 0.390 e. The molecule has 43 heavy (non-hydrogen) atoms. The number of carbonyl (C=O) groups excluding carboxylic acids is 2. The predicted molar refractivity (Wildman–Crippen MR) is 168 cm³/mol. The molecule has 0 aliphatic heterocycles. The topological polar surface area (TPSA) is 109 Å². The summed E-state index contributed by atoms with van der Waals surface area (Å²) >= 11 is 0. The van der Waals surface area contributed by atoms with Gasteiger partial charge >= 0.3 is 0 Å². The highest BCUT2D eigenvalue weighted by molar-refractivity contribution is 5.90. The van der Waals surface area contributed by atoms with Crippen molar-refractivity contribution in [2.45, 2.75) is 89.3 Å². The van der Waals surface area contributed by atoms with Crippen LogP contribution in [0.15, 0.2) is 66.9 Å². The zero-order chi connectivity index (χ0) is 31.6. The molecule has 3 aromatic rings. The van der Waals surface area contributed by atoms with Crippen LogP contribution in [-0.2, 0) is 15.1 Å². The van der Waals surface area contributed by atoms with Crippen molar-refractivity contribution in [3.8, 4) is 22.3 Å². The van der Waals surface area contributed by atoms with Gasteiger partial charge in [0, 0.05) is 37.3 Å². The number of rotatable bonds is 6. The normalized spacial score (nSPS) is 21.3.